The lowest BCUT2D eigenvalue weighted by Crippen LogP contribution is -2.27. The van der Waals surface area contributed by atoms with E-state index in [9.17, 15) is 9.90 Å². The highest BCUT2D eigenvalue weighted by atomic mass is 32.1. The van der Waals surface area contributed by atoms with Crippen molar-refractivity contribution in [2.24, 2.45) is 0 Å². The Kier molecular flexibility index (Phi) is 4.64. The second-order valence-electron chi connectivity index (χ2n) is 7.44. The van der Waals surface area contributed by atoms with Crippen molar-refractivity contribution in [1.82, 2.24) is 14.5 Å². The number of oxazole rings is 1. The van der Waals surface area contributed by atoms with E-state index >= 15 is 0 Å². The van der Waals surface area contributed by atoms with E-state index in [4.69, 9.17) is 10.2 Å². The zero-order valence-electron chi connectivity index (χ0n) is 16.3. The molecule has 4 rings (SSSR count). The third-order valence-electron chi connectivity index (χ3n) is 4.24. The quantitative estimate of drug-likeness (QED) is 0.431. The topological polar surface area (TPSA) is 119 Å². The Morgan fingerprint density at radius 3 is 2.83 bits per heavy atom. The van der Waals surface area contributed by atoms with E-state index in [1.54, 1.807) is 49.7 Å². The van der Waals surface area contributed by atoms with Gasteiger partial charge in [0.05, 0.1) is 39.1 Å². The number of hydrogen-bond acceptors (Lipinski definition) is 7. The summed E-state index contributed by atoms with van der Waals surface area (Å²) < 4.78 is 7.30. The van der Waals surface area contributed by atoms with Crippen molar-refractivity contribution in [2.45, 2.75) is 32.9 Å². The number of nitrogens with one attached hydrogen (secondary N) is 1. The molecular weight excluding hydrogens is 390 g/mol. The van der Waals surface area contributed by atoms with Crippen molar-refractivity contribution < 1.29 is 14.3 Å². The monoisotopic (exact) mass is 411 g/mol. The van der Waals surface area contributed by atoms with Crippen LogP contribution in [0, 0.1) is 6.92 Å². The summed E-state index contributed by atoms with van der Waals surface area (Å²) in [6.45, 7) is 5.43. The molecule has 9 heteroatoms. The fraction of sp³-hybridized carbons (Fsp3) is 0.250. The smallest absolute Gasteiger partial charge is 0.268 e. The summed E-state index contributed by atoms with van der Waals surface area (Å²) in [5.41, 5.74) is 6.88. The lowest BCUT2D eigenvalue weighted by molar-refractivity contribution is 0.0630. The Hall–Kier alpha value is -3.17. The van der Waals surface area contributed by atoms with Gasteiger partial charge < -0.3 is 19.8 Å². The first-order valence-electron chi connectivity index (χ1n) is 9.02. The minimum atomic E-state index is -0.991. The highest BCUT2D eigenvalue weighted by Crippen LogP contribution is 2.30. The average molecular weight is 411 g/mol. The number of aliphatic hydroxyl groups is 1. The number of anilines is 2. The first-order chi connectivity index (χ1) is 13.7. The molecule has 0 aliphatic rings. The number of nitrogens with two attached hydrogens (primary N) is 1. The number of thiophene rings is 1. The minimum Gasteiger partial charge on any atom is -0.440 e. The summed E-state index contributed by atoms with van der Waals surface area (Å²) >= 11 is 1.30. The second kappa shape index (κ2) is 7.02. The summed E-state index contributed by atoms with van der Waals surface area (Å²) in [6, 6.07) is 8.88. The van der Waals surface area contributed by atoms with Crippen LogP contribution in [0.3, 0.4) is 0 Å². The van der Waals surface area contributed by atoms with Crippen LogP contribution in [0.1, 0.15) is 29.4 Å². The van der Waals surface area contributed by atoms with Gasteiger partial charge in [-0.3, -0.25) is 10.1 Å². The van der Waals surface area contributed by atoms with Crippen LogP contribution in [0.25, 0.3) is 21.7 Å². The Bertz CT molecular complexity index is 1200. The minimum absolute atomic E-state index is 0.260. The predicted octanol–water partition coefficient (Wildman–Crippen LogP) is 3.67. The van der Waals surface area contributed by atoms with Gasteiger partial charge >= 0.3 is 0 Å². The van der Waals surface area contributed by atoms with E-state index < -0.39 is 5.60 Å². The molecule has 4 aromatic rings. The molecule has 0 saturated carbocycles. The number of hydrogen-bond donors (Lipinski definition) is 3. The number of nitrogen functional groups attached to an aromatic ring is 1. The number of rotatable bonds is 5. The van der Waals surface area contributed by atoms with Crippen molar-refractivity contribution in [3.8, 4) is 10.6 Å². The number of imidazole rings is 1. The maximum absolute atomic E-state index is 12.8. The summed E-state index contributed by atoms with van der Waals surface area (Å²) in [4.78, 5) is 22.8. The van der Waals surface area contributed by atoms with Gasteiger partial charge in [-0.15, -0.1) is 11.3 Å². The fourth-order valence-electron chi connectivity index (χ4n) is 3.02. The van der Waals surface area contributed by atoms with Crippen molar-refractivity contribution in [1.29, 1.82) is 0 Å². The molecule has 0 fully saturated rings. The molecule has 1 aromatic carbocycles. The highest BCUT2D eigenvalue weighted by Gasteiger charge is 2.21. The molecule has 0 aliphatic carbocycles. The van der Waals surface area contributed by atoms with Gasteiger partial charge in [-0.25, -0.2) is 9.97 Å². The zero-order valence-corrected chi connectivity index (χ0v) is 17.1. The number of benzene rings is 1. The Balaban J connectivity index is 1.65. The SMILES string of the molecule is Cc1ncc(-c2ccc(C(=O)Nc3nc4cc(N)ccc4n3CC(C)(C)O)s2)o1. The lowest BCUT2D eigenvalue weighted by Gasteiger charge is -2.20. The van der Waals surface area contributed by atoms with E-state index in [0.29, 0.717) is 33.7 Å². The first kappa shape index (κ1) is 19.2. The molecule has 0 aliphatic heterocycles. The van der Waals surface area contributed by atoms with Crippen LogP contribution in [0.5, 0.6) is 0 Å². The van der Waals surface area contributed by atoms with E-state index in [1.807, 2.05) is 12.1 Å². The molecule has 8 nitrogen and oxygen atoms in total. The van der Waals surface area contributed by atoms with Crippen LogP contribution in [0.4, 0.5) is 11.6 Å². The zero-order chi connectivity index (χ0) is 20.8. The third-order valence-corrected chi connectivity index (χ3v) is 5.34. The number of aryl methyl sites for hydroxylation is 1. The van der Waals surface area contributed by atoms with Gasteiger partial charge in [0.25, 0.3) is 5.91 Å². The maximum Gasteiger partial charge on any atom is 0.268 e. The Morgan fingerprint density at radius 1 is 1.34 bits per heavy atom. The molecular formula is C20H21N5O3S. The van der Waals surface area contributed by atoms with Gasteiger partial charge in [-0.05, 0) is 44.2 Å². The molecule has 1 amide bonds. The molecule has 0 bridgehead atoms. The number of fused-ring (bicyclic) bond motifs is 1. The van der Waals surface area contributed by atoms with Gasteiger partial charge in [0.2, 0.25) is 5.95 Å². The molecule has 3 heterocycles. The Labute approximate surface area is 171 Å². The molecule has 0 radical (unpaired) electrons. The van der Waals surface area contributed by atoms with Gasteiger partial charge in [0.1, 0.15) is 0 Å². The largest absolute Gasteiger partial charge is 0.440 e. The van der Waals surface area contributed by atoms with Crippen LogP contribution in [0.15, 0.2) is 40.9 Å². The molecule has 0 unspecified atom stereocenters. The fourth-order valence-corrected chi connectivity index (χ4v) is 3.87. The van der Waals surface area contributed by atoms with Crippen LogP contribution >= 0.6 is 11.3 Å². The predicted molar refractivity (Wildman–Crippen MR) is 113 cm³/mol. The van der Waals surface area contributed by atoms with Crippen LogP contribution in [0.2, 0.25) is 0 Å². The molecule has 0 atom stereocenters. The van der Waals surface area contributed by atoms with E-state index in [-0.39, 0.29) is 12.5 Å². The summed E-state index contributed by atoms with van der Waals surface area (Å²) in [5.74, 6) is 1.25. The van der Waals surface area contributed by atoms with Crippen molar-refractivity contribution >= 4 is 39.9 Å². The number of nitrogens with zero attached hydrogens (tertiary/aromatic N) is 3. The number of carbonyl (C=O) groups is 1. The number of carbonyl (C=O) groups excluding carboxylic acids is 1. The van der Waals surface area contributed by atoms with E-state index in [2.05, 4.69) is 15.3 Å². The molecule has 4 N–H and O–H groups in total. The highest BCUT2D eigenvalue weighted by molar-refractivity contribution is 7.17. The van der Waals surface area contributed by atoms with Gasteiger partial charge in [-0.1, -0.05) is 0 Å². The number of aromatic nitrogens is 3. The molecule has 3 aromatic heterocycles. The van der Waals surface area contributed by atoms with Crippen molar-refractivity contribution in [2.75, 3.05) is 11.1 Å². The van der Waals surface area contributed by atoms with E-state index in [1.165, 1.54) is 11.3 Å². The lowest BCUT2D eigenvalue weighted by atomic mass is 10.1. The third kappa shape index (κ3) is 4.01. The van der Waals surface area contributed by atoms with Gasteiger partial charge in [0.15, 0.2) is 11.7 Å². The summed E-state index contributed by atoms with van der Waals surface area (Å²) in [5, 5.41) is 13.2. The van der Waals surface area contributed by atoms with Crippen LogP contribution in [-0.4, -0.2) is 31.1 Å². The Morgan fingerprint density at radius 2 is 2.14 bits per heavy atom. The standard InChI is InChI=1S/C20H21N5O3S/c1-11-22-9-15(28-11)16-6-7-17(29-16)18(26)24-19-23-13-8-12(21)4-5-14(13)25(19)10-20(2,3)27/h4-9,27H,10,21H2,1-3H3,(H,23,24,26). The average Bonchev–Trinajstić information content (AvgIpc) is 3.33. The normalized spacial score (nSPS) is 11.9. The van der Waals surface area contributed by atoms with Crippen molar-refractivity contribution in [3.05, 3.63) is 47.3 Å². The van der Waals surface area contributed by atoms with E-state index in [0.717, 1.165) is 10.4 Å². The summed E-state index contributed by atoms with van der Waals surface area (Å²) in [7, 11) is 0. The molecule has 29 heavy (non-hydrogen) atoms. The van der Waals surface area contributed by atoms with Gasteiger partial charge in [-0.2, -0.15) is 0 Å². The molecule has 0 spiro atoms. The first-order valence-corrected chi connectivity index (χ1v) is 9.83. The van der Waals surface area contributed by atoms with Crippen molar-refractivity contribution in [3.63, 3.8) is 0 Å². The summed E-state index contributed by atoms with van der Waals surface area (Å²) in [6.07, 6.45) is 1.63. The maximum atomic E-state index is 12.8. The van der Waals surface area contributed by atoms with Gasteiger partial charge in [0, 0.05) is 12.6 Å². The second-order valence-corrected chi connectivity index (χ2v) is 8.53. The van der Waals surface area contributed by atoms with Crippen LogP contribution in [-0.2, 0) is 6.54 Å². The molecule has 0 saturated heterocycles. The number of amides is 1. The molecule has 150 valence electrons. The van der Waals surface area contributed by atoms with Crippen LogP contribution < -0.4 is 11.1 Å².